The van der Waals surface area contributed by atoms with E-state index in [9.17, 15) is 22.8 Å². The Kier molecular flexibility index (Phi) is 3.91. The first-order chi connectivity index (χ1) is 13.6. The average Bonchev–Trinajstić information content (AvgIpc) is 2.90. The number of hydrogen-bond acceptors (Lipinski definition) is 2. The van der Waals surface area contributed by atoms with Crippen molar-refractivity contribution < 1.29 is 22.8 Å². The molecular formula is C22H25F3N2O2. The van der Waals surface area contributed by atoms with E-state index < -0.39 is 28.7 Å². The van der Waals surface area contributed by atoms with Crippen molar-refractivity contribution in [2.45, 2.75) is 63.7 Å². The fourth-order valence-electron chi connectivity index (χ4n) is 6.37. The molecule has 1 saturated heterocycles. The summed E-state index contributed by atoms with van der Waals surface area (Å²) in [6.07, 6.45) is 0.647. The molecule has 1 aromatic carbocycles. The smallest absolute Gasteiger partial charge is 0.270 e. The molecule has 0 radical (unpaired) electrons. The molecule has 29 heavy (non-hydrogen) atoms. The second-order valence-electron chi connectivity index (χ2n) is 9.66. The van der Waals surface area contributed by atoms with Crippen molar-refractivity contribution in [1.29, 1.82) is 0 Å². The molecule has 0 aromatic heterocycles. The maximum Gasteiger partial charge on any atom is 0.417 e. The number of carbonyl (C=O) groups excluding carboxylic acids is 2. The molecular weight excluding hydrogens is 381 g/mol. The summed E-state index contributed by atoms with van der Waals surface area (Å²) in [5.74, 6) is 1.61. The summed E-state index contributed by atoms with van der Waals surface area (Å²) in [6.45, 7) is 3.23. The summed E-state index contributed by atoms with van der Waals surface area (Å²) in [5, 5.41) is 2.81. The van der Waals surface area contributed by atoms with Crippen molar-refractivity contribution in [2.75, 3.05) is 0 Å². The maximum atomic E-state index is 13.5. The highest BCUT2D eigenvalue weighted by atomic mass is 19.4. The summed E-state index contributed by atoms with van der Waals surface area (Å²) >= 11 is 0. The predicted octanol–water partition coefficient (Wildman–Crippen LogP) is 4.51. The van der Waals surface area contributed by atoms with Gasteiger partial charge in [0.25, 0.3) is 11.8 Å². The molecule has 7 heteroatoms. The number of hydrogen-bond donors (Lipinski definition) is 0. The van der Waals surface area contributed by atoms with Gasteiger partial charge in [-0.05, 0) is 81.8 Å². The van der Waals surface area contributed by atoms with E-state index in [0.29, 0.717) is 5.92 Å². The van der Waals surface area contributed by atoms with Crippen molar-refractivity contribution in [1.82, 2.24) is 10.0 Å². The predicted molar refractivity (Wildman–Crippen MR) is 99.4 cm³/mol. The Labute approximate surface area is 168 Å². The van der Waals surface area contributed by atoms with Gasteiger partial charge in [0, 0.05) is 0 Å². The number of carbonyl (C=O) groups is 2. The maximum absolute atomic E-state index is 13.5. The van der Waals surface area contributed by atoms with Crippen molar-refractivity contribution in [3.05, 3.63) is 35.4 Å². The lowest BCUT2D eigenvalue weighted by Gasteiger charge is -2.59. The minimum Gasteiger partial charge on any atom is -0.270 e. The van der Waals surface area contributed by atoms with Gasteiger partial charge in [0.2, 0.25) is 0 Å². The van der Waals surface area contributed by atoms with Gasteiger partial charge in [-0.3, -0.25) is 9.59 Å². The Morgan fingerprint density at radius 3 is 2.45 bits per heavy atom. The molecule has 1 heterocycles. The molecule has 4 fully saturated rings. The lowest BCUT2D eigenvalue weighted by molar-refractivity contribution is -0.213. The highest BCUT2D eigenvalue weighted by Crippen LogP contribution is 2.59. The van der Waals surface area contributed by atoms with Gasteiger partial charge in [-0.2, -0.15) is 13.2 Å². The second-order valence-corrected chi connectivity index (χ2v) is 9.66. The molecule has 5 unspecified atom stereocenters. The molecule has 3 saturated carbocycles. The van der Waals surface area contributed by atoms with Gasteiger partial charge in [0.05, 0.1) is 17.2 Å². The fourth-order valence-corrected chi connectivity index (χ4v) is 6.37. The first-order valence-electron chi connectivity index (χ1n) is 10.4. The molecule has 156 valence electrons. The highest BCUT2D eigenvalue weighted by molar-refractivity contribution is 6.05. The van der Waals surface area contributed by atoms with Crippen molar-refractivity contribution in [3.8, 4) is 0 Å². The van der Waals surface area contributed by atoms with Crippen LogP contribution in [-0.2, 0) is 11.0 Å². The number of fused-ring (bicyclic) bond motifs is 1. The Bertz CT molecular complexity index is 881. The number of nitrogens with zero attached hydrogens (tertiary/aromatic N) is 2. The first-order valence-corrected chi connectivity index (χ1v) is 10.4. The van der Waals surface area contributed by atoms with Crippen LogP contribution < -0.4 is 0 Å². The third-order valence-corrected chi connectivity index (χ3v) is 7.82. The monoisotopic (exact) mass is 406 g/mol. The number of hydrazine groups is 1. The standard InChI is InChI=1S/C22H25F3N2O2/c1-21(2)20(29)26(18-8-7-12-9-13-10-14(18)11-16(12)13)27(21)19(28)15-5-3-4-6-17(15)22(23,24)25/h3-6,12-14,16,18H,7-11H2,1-2H3. The van der Waals surface area contributed by atoms with Crippen LogP contribution in [0.3, 0.4) is 0 Å². The van der Waals surface area contributed by atoms with Crippen molar-refractivity contribution >= 4 is 11.8 Å². The average molecular weight is 406 g/mol. The lowest BCUT2D eigenvalue weighted by Crippen LogP contribution is -2.79. The minimum absolute atomic E-state index is 0.0877. The first kappa shape index (κ1) is 18.9. The van der Waals surface area contributed by atoms with E-state index in [2.05, 4.69) is 0 Å². The Morgan fingerprint density at radius 2 is 1.72 bits per heavy atom. The number of rotatable bonds is 2. The summed E-state index contributed by atoms with van der Waals surface area (Å²) in [4.78, 5) is 26.3. The van der Waals surface area contributed by atoms with Crippen LogP contribution in [0.15, 0.2) is 24.3 Å². The van der Waals surface area contributed by atoms with E-state index >= 15 is 0 Å². The van der Waals surface area contributed by atoms with Crippen LogP contribution in [0.2, 0.25) is 0 Å². The SMILES string of the molecule is CC1(C)C(=O)N(C2CCC3CC4CC2CC34)N1C(=O)c1ccccc1C(F)(F)F. The van der Waals surface area contributed by atoms with Crippen LogP contribution in [-0.4, -0.2) is 33.4 Å². The Balaban J connectivity index is 1.49. The molecule has 2 amide bonds. The van der Waals surface area contributed by atoms with Crippen LogP contribution in [0.5, 0.6) is 0 Å². The summed E-state index contributed by atoms with van der Waals surface area (Å²) < 4.78 is 40.5. The molecule has 1 aliphatic heterocycles. The Hall–Kier alpha value is -2.05. The Morgan fingerprint density at radius 1 is 1.03 bits per heavy atom. The largest absolute Gasteiger partial charge is 0.417 e. The van der Waals surface area contributed by atoms with Crippen LogP contribution in [0, 0.1) is 23.7 Å². The van der Waals surface area contributed by atoms with E-state index in [1.165, 1.54) is 34.6 Å². The van der Waals surface area contributed by atoms with Gasteiger partial charge >= 0.3 is 6.18 Å². The summed E-state index contributed by atoms with van der Waals surface area (Å²) in [5.41, 5.74) is -2.49. The van der Waals surface area contributed by atoms with Gasteiger partial charge in [-0.25, -0.2) is 10.0 Å². The van der Waals surface area contributed by atoms with E-state index in [1.807, 2.05) is 0 Å². The number of amides is 2. The van der Waals surface area contributed by atoms with Crippen LogP contribution in [0.1, 0.15) is 61.9 Å². The van der Waals surface area contributed by atoms with Gasteiger partial charge in [0.1, 0.15) is 5.54 Å². The van der Waals surface area contributed by atoms with Gasteiger partial charge in [0.15, 0.2) is 0 Å². The highest BCUT2D eigenvalue weighted by Gasteiger charge is 2.62. The number of benzene rings is 1. The van der Waals surface area contributed by atoms with Crippen LogP contribution in [0.25, 0.3) is 0 Å². The van der Waals surface area contributed by atoms with Crippen molar-refractivity contribution in [2.24, 2.45) is 23.7 Å². The zero-order valence-corrected chi connectivity index (χ0v) is 16.6. The number of alkyl halides is 3. The summed E-state index contributed by atoms with van der Waals surface area (Å²) in [7, 11) is 0. The number of halogens is 3. The van der Waals surface area contributed by atoms with Crippen molar-refractivity contribution in [3.63, 3.8) is 0 Å². The molecule has 4 aliphatic rings. The molecule has 0 spiro atoms. The van der Waals surface area contributed by atoms with Gasteiger partial charge in [-0.15, -0.1) is 0 Å². The zero-order valence-electron chi connectivity index (χ0n) is 16.6. The lowest BCUT2D eigenvalue weighted by atomic mass is 9.64. The molecule has 2 bridgehead atoms. The third kappa shape index (κ3) is 2.58. The van der Waals surface area contributed by atoms with Crippen LogP contribution in [0.4, 0.5) is 13.2 Å². The quantitative estimate of drug-likeness (QED) is 0.725. The molecule has 1 aromatic rings. The van der Waals surface area contributed by atoms with E-state index in [0.717, 1.165) is 49.5 Å². The van der Waals surface area contributed by atoms with E-state index in [1.54, 1.807) is 13.8 Å². The zero-order chi connectivity index (χ0) is 20.7. The van der Waals surface area contributed by atoms with E-state index in [-0.39, 0.29) is 11.9 Å². The summed E-state index contributed by atoms with van der Waals surface area (Å²) in [6, 6.07) is 4.75. The topological polar surface area (TPSA) is 40.6 Å². The van der Waals surface area contributed by atoms with Crippen LogP contribution >= 0.6 is 0 Å². The normalized spacial score (nSPS) is 35.1. The fraction of sp³-hybridized carbons (Fsp3) is 0.636. The minimum atomic E-state index is -4.63. The molecule has 0 N–H and O–H groups in total. The second kappa shape index (κ2) is 5.99. The molecule has 5 atom stereocenters. The molecule has 4 nitrogen and oxygen atoms in total. The van der Waals surface area contributed by atoms with Gasteiger partial charge < -0.3 is 0 Å². The van der Waals surface area contributed by atoms with Gasteiger partial charge in [-0.1, -0.05) is 12.1 Å². The van der Waals surface area contributed by atoms with E-state index in [4.69, 9.17) is 0 Å². The molecule has 3 aliphatic carbocycles. The molecule has 5 rings (SSSR count). The third-order valence-electron chi connectivity index (χ3n) is 7.82.